The molecule has 218 valence electrons. The SMILES string of the molecule is COc1cc2ncccc2cc1-c1cnc(C(N)CCCC(O)CC(=O)c2ncco2)[nH]1.O=C(O)CC(O)C(=O)O. The lowest BCUT2D eigenvalue weighted by Gasteiger charge is -2.12. The van der Waals surface area contributed by atoms with Gasteiger partial charge in [-0.2, -0.15) is 0 Å². The van der Waals surface area contributed by atoms with E-state index < -0.39 is 30.6 Å². The van der Waals surface area contributed by atoms with Gasteiger partial charge in [0.25, 0.3) is 5.89 Å². The molecule has 14 heteroatoms. The molecule has 0 fully saturated rings. The molecular formula is C27H31N5O9. The summed E-state index contributed by atoms with van der Waals surface area (Å²) in [6, 6.07) is 7.45. The lowest BCUT2D eigenvalue weighted by molar-refractivity contribution is -0.152. The summed E-state index contributed by atoms with van der Waals surface area (Å²) < 4.78 is 10.5. The number of nitrogens with one attached hydrogen (secondary N) is 1. The molecule has 3 aromatic heterocycles. The molecule has 0 radical (unpaired) electrons. The fourth-order valence-corrected chi connectivity index (χ4v) is 3.87. The van der Waals surface area contributed by atoms with E-state index in [1.54, 1.807) is 19.5 Å². The summed E-state index contributed by atoms with van der Waals surface area (Å²) in [4.78, 5) is 47.2. The van der Waals surface area contributed by atoms with Crippen molar-refractivity contribution in [2.75, 3.05) is 7.11 Å². The van der Waals surface area contributed by atoms with Gasteiger partial charge in [0.2, 0.25) is 5.78 Å². The Morgan fingerprint density at radius 3 is 2.49 bits per heavy atom. The number of carboxylic acids is 2. The Labute approximate surface area is 233 Å². The maximum absolute atomic E-state index is 11.9. The van der Waals surface area contributed by atoms with Crippen LogP contribution in [0.1, 0.15) is 54.7 Å². The van der Waals surface area contributed by atoms with Crippen LogP contribution in [0.3, 0.4) is 0 Å². The highest BCUT2D eigenvalue weighted by Gasteiger charge is 2.19. The van der Waals surface area contributed by atoms with E-state index in [0.29, 0.717) is 30.8 Å². The molecule has 0 aliphatic rings. The third-order valence-electron chi connectivity index (χ3n) is 5.96. The van der Waals surface area contributed by atoms with E-state index in [1.165, 1.54) is 12.5 Å². The van der Waals surface area contributed by atoms with E-state index >= 15 is 0 Å². The molecule has 4 rings (SSSR count). The number of ketones is 1. The van der Waals surface area contributed by atoms with Gasteiger partial charge in [-0.05, 0) is 31.4 Å². The number of Topliss-reactive ketones (excluding diaryl/α,β-unsaturated/α-hetero) is 1. The first-order valence-electron chi connectivity index (χ1n) is 12.6. The van der Waals surface area contributed by atoms with Gasteiger partial charge >= 0.3 is 11.9 Å². The summed E-state index contributed by atoms with van der Waals surface area (Å²) >= 11 is 0. The van der Waals surface area contributed by atoms with Crippen molar-refractivity contribution in [2.24, 2.45) is 5.73 Å². The minimum Gasteiger partial charge on any atom is -0.496 e. The number of pyridine rings is 1. The highest BCUT2D eigenvalue weighted by Crippen LogP contribution is 2.33. The maximum Gasteiger partial charge on any atom is 0.333 e. The van der Waals surface area contributed by atoms with Gasteiger partial charge in [-0.3, -0.25) is 14.6 Å². The fraction of sp³-hybridized carbons (Fsp3) is 0.333. The fourth-order valence-electron chi connectivity index (χ4n) is 3.87. The molecule has 0 spiro atoms. The van der Waals surface area contributed by atoms with Crippen molar-refractivity contribution >= 4 is 28.6 Å². The number of aromatic amines is 1. The van der Waals surface area contributed by atoms with Crippen molar-refractivity contribution in [2.45, 2.75) is 50.4 Å². The molecule has 3 atom stereocenters. The number of carboxylic acid groups (broad SMARTS) is 2. The predicted octanol–water partition coefficient (Wildman–Crippen LogP) is 2.33. The zero-order chi connectivity index (χ0) is 29.9. The summed E-state index contributed by atoms with van der Waals surface area (Å²) in [6.07, 6.45) is 4.56. The number of methoxy groups -OCH3 is 1. The Morgan fingerprint density at radius 2 is 1.85 bits per heavy atom. The number of carbonyl (C=O) groups is 3. The molecule has 14 nitrogen and oxygen atoms in total. The number of H-pyrrole nitrogens is 1. The molecule has 1 aromatic carbocycles. The molecule has 0 aliphatic heterocycles. The standard InChI is InChI=1S/C23H25N5O4.C4H6O5/c1-31-21-12-18-14(4-3-7-25-18)10-16(21)19-13-27-22(28-19)17(24)6-2-5-15(29)11-20(30)23-26-8-9-32-23;5-2(4(8)9)1-3(6)7/h3-4,7-10,12-13,15,17,29H,2,5-6,11,24H2,1H3,(H,27,28);2,5H,1H2,(H,6,7)(H,8,9). The minimum absolute atomic E-state index is 0.0174. The number of aliphatic hydroxyl groups is 2. The van der Waals surface area contributed by atoms with Gasteiger partial charge in [0.05, 0.1) is 49.3 Å². The zero-order valence-electron chi connectivity index (χ0n) is 22.1. The minimum atomic E-state index is -1.79. The number of ether oxygens (including phenoxy) is 1. The van der Waals surface area contributed by atoms with Crippen LogP contribution in [0.15, 0.2) is 53.5 Å². The second kappa shape index (κ2) is 14.6. The topological polar surface area (TPSA) is 235 Å². The van der Waals surface area contributed by atoms with Crippen LogP contribution in [0.25, 0.3) is 22.2 Å². The van der Waals surface area contributed by atoms with E-state index in [0.717, 1.165) is 22.2 Å². The number of benzene rings is 1. The van der Waals surface area contributed by atoms with Gasteiger partial charge in [-0.15, -0.1) is 0 Å². The average molecular weight is 570 g/mol. The number of imidazole rings is 1. The molecule has 3 unspecified atom stereocenters. The van der Waals surface area contributed by atoms with E-state index in [-0.39, 0.29) is 24.1 Å². The molecule has 0 aliphatic carbocycles. The molecule has 7 N–H and O–H groups in total. The first-order valence-corrected chi connectivity index (χ1v) is 12.6. The molecule has 41 heavy (non-hydrogen) atoms. The zero-order valence-corrected chi connectivity index (χ0v) is 22.1. The number of carbonyl (C=O) groups excluding carboxylic acids is 1. The quantitative estimate of drug-likeness (QED) is 0.127. The molecule has 0 amide bonds. The van der Waals surface area contributed by atoms with E-state index in [1.807, 2.05) is 24.3 Å². The van der Waals surface area contributed by atoms with Crippen LogP contribution in [-0.4, -0.2) is 77.4 Å². The normalized spacial score (nSPS) is 13.1. The van der Waals surface area contributed by atoms with Crippen LogP contribution in [0, 0.1) is 0 Å². The summed E-state index contributed by atoms with van der Waals surface area (Å²) in [7, 11) is 1.62. The Bertz CT molecular complexity index is 1450. The molecule has 0 saturated heterocycles. The highest BCUT2D eigenvalue weighted by atomic mass is 16.5. The Balaban J connectivity index is 0.000000445. The molecular weight excluding hydrogens is 538 g/mol. The van der Waals surface area contributed by atoms with Crippen LogP contribution in [0.5, 0.6) is 5.75 Å². The van der Waals surface area contributed by atoms with Crippen LogP contribution in [0.4, 0.5) is 0 Å². The van der Waals surface area contributed by atoms with Crippen molar-refractivity contribution in [1.82, 2.24) is 19.9 Å². The van der Waals surface area contributed by atoms with Crippen molar-refractivity contribution in [3.8, 4) is 17.0 Å². The summed E-state index contributed by atoms with van der Waals surface area (Å²) in [6.45, 7) is 0. The van der Waals surface area contributed by atoms with Crippen LogP contribution in [0.2, 0.25) is 0 Å². The third kappa shape index (κ3) is 8.93. The third-order valence-corrected chi connectivity index (χ3v) is 5.96. The number of hydrogen-bond acceptors (Lipinski definition) is 11. The van der Waals surface area contributed by atoms with Gasteiger partial charge in [-0.25, -0.2) is 14.8 Å². The van der Waals surface area contributed by atoms with Crippen LogP contribution in [-0.2, 0) is 9.59 Å². The lowest BCUT2D eigenvalue weighted by Crippen LogP contribution is -2.22. The van der Waals surface area contributed by atoms with E-state index in [4.69, 9.17) is 30.2 Å². The smallest absolute Gasteiger partial charge is 0.333 e. The molecule has 0 saturated carbocycles. The van der Waals surface area contributed by atoms with E-state index in [2.05, 4.69) is 19.9 Å². The van der Waals surface area contributed by atoms with Crippen LogP contribution < -0.4 is 10.5 Å². The number of aromatic nitrogens is 4. The lowest BCUT2D eigenvalue weighted by atomic mass is 10.0. The number of nitrogens with two attached hydrogens (primary N) is 1. The van der Waals surface area contributed by atoms with Gasteiger partial charge in [0, 0.05) is 29.6 Å². The number of aliphatic carboxylic acids is 2. The first kappa shape index (κ1) is 30.9. The van der Waals surface area contributed by atoms with Crippen LogP contribution >= 0.6 is 0 Å². The van der Waals surface area contributed by atoms with Gasteiger partial charge in [0.15, 0.2) is 6.10 Å². The largest absolute Gasteiger partial charge is 0.496 e. The van der Waals surface area contributed by atoms with Crippen molar-refractivity contribution in [3.05, 3.63) is 60.8 Å². The van der Waals surface area contributed by atoms with Gasteiger partial charge in [-0.1, -0.05) is 6.07 Å². The predicted molar refractivity (Wildman–Crippen MR) is 144 cm³/mol. The first-order chi connectivity index (χ1) is 19.6. The second-order valence-corrected chi connectivity index (χ2v) is 9.04. The Kier molecular flexibility index (Phi) is 11.0. The summed E-state index contributed by atoms with van der Waals surface area (Å²) in [5.41, 5.74) is 8.83. The Morgan fingerprint density at radius 1 is 1.07 bits per heavy atom. The molecule has 3 heterocycles. The average Bonchev–Trinajstić information content (AvgIpc) is 3.65. The summed E-state index contributed by atoms with van der Waals surface area (Å²) in [5.74, 6) is -1.80. The maximum atomic E-state index is 11.9. The molecule has 4 aromatic rings. The van der Waals surface area contributed by atoms with Gasteiger partial charge in [0.1, 0.15) is 17.8 Å². The second-order valence-electron chi connectivity index (χ2n) is 9.04. The van der Waals surface area contributed by atoms with Gasteiger partial charge < -0.3 is 40.3 Å². The number of fused-ring (bicyclic) bond motifs is 1. The number of rotatable bonds is 13. The van der Waals surface area contributed by atoms with Crippen molar-refractivity contribution in [3.63, 3.8) is 0 Å². The highest BCUT2D eigenvalue weighted by molar-refractivity contribution is 5.91. The summed E-state index contributed by atoms with van der Waals surface area (Å²) in [5, 5.41) is 35.3. The Hall–Kier alpha value is -4.66. The molecule has 0 bridgehead atoms. The van der Waals surface area contributed by atoms with Crippen molar-refractivity contribution < 1.29 is 44.0 Å². The number of oxazole rings is 1. The number of aliphatic hydroxyl groups excluding tert-OH is 2. The van der Waals surface area contributed by atoms with Crippen molar-refractivity contribution in [1.29, 1.82) is 0 Å². The van der Waals surface area contributed by atoms with E-state index in [9.17, 15) is 19.5 Å². The number of hydrogen-bond donors (Lipinski definition) is 6. The number of nitrogens with zero attached hydrogens (tertiary/aromatic N) is 3. The monoisotopic (exact) mass is 569 g/mol.